The third-order valence-corrected chi connectivity index (χ3v) is 6.61. The molecule has 3 N–H and O–H groups in total. The second-order valence-electron chi connectivity index (χ2n) is 8.92. The van der Waals surface area contributed by atoms with Gasteiger partial charge in [0.05, 0.1) is 4.34 Å². The molecule has 0 aliphatic rings. The van der Waals surface area contributed by atoms with Crippen molar-refractivity contribution in [2.75, 3.05) is 0 Å². The lowest BCUT2D eigenvalue weighted by Crippen LogP contribution is -2.54. The van der Waals surface area contributed by atoms with Gasteiger partial charge >= 0.3 is 5.97 Å². The zero-order chi connectivity index (χ0) is 26.5. The highest BCUT2D eigenvalue weighted by molar-refractivity contribution is 7.16. The summed E-state index contributed by atoms with van der Waals surface area (Å²) in [6, 6.07) is 12.2. The van der Waals surface area contributed by atoms with Crippen molar-refractivity contribution in [1.29, 1.82) is 0 Å². The Balaban J connectivity index is 1.70. The van der Waals surface area contributed by atoms with Crippen LogP contribution in [0.25, 0.3) is 11.1 Å². The summed E-state index contributed by atoms with van der Waals surface area (Å²) >= 11 is 7.39. The summed E-state index contributed by atoms with van der Waals surface area (Å²) in [4.78, 5) is 38.0. The first kappa shape index (κ1) is 27.3. The molecule has 0 spiro atoms. The summed E-state index contributed by atoms with van der Waals surface area (Å²) in [5, 5.41) is 14.6. The van der Waals surface area contributed by atoms with E-state index in [9.17, 15) is 23.2 Å². The largest absolute Gasteiger partial charge is 0.481 e. The number of amides is 2. The lowest BCUT2D eigenvalue weighted by molar-refractivity contribution is -0.137. The van der Waals surface area contributed by atoms with E-state index in [1.165, 1.54) is 29.5 Å². The molecule has 2 amide bonds. The number of aliphatic carboxylic acids is 1. The summed E-state index contributed by atoms with van der Waals surface area (Å²) in [5.41, 5.74) is 0.556. The Labute approximate surface area is 216 Å². The molecule has 0 aliphatic heterocycles. The number of rotatable bonds is 10. The van der Waals surface area contributed by atoms with Gasteiger partial charge in [0.15, 0.2) is 11.6 Å². The fraction of sp³-hybridized carbons (Fsp3) is 0.269. The third kappa shape index (κ3) is 7.60. The van der Waals surface area contributed by atoms with E-state index in [0.717, 1.165) is 17.0 Å². The number of hydrogen-bond acceptors (Lipinski definition) is 4. The van der Waals surface area contributed by atoms with Gasteiger partial charge in [-0.05, 0) is 67.8 Å². The van der Waals surface area contributed by atoms with Gasteiger partial charge in [0.25, 0.3) is 5.91 Å². The smallest absolute Gasteiger partial charge is 0.303 e. The van der Waals surface area contributed by atoms with Crippen LogP contribution in [0.15, 0.2) is 54.6 Å². The van der Waals surface area contributed by atoms with E-state index >= 15 is 0 Å². The number of hydrogen-bond donors (Lipinski definition) is 3. The zero-order valence-electron chi connectivity index (χ0n) is 19.6. The molecule has 0 saturated heterocycles. The molecule has 0 radical (unpaired) electrons. The molecule has 0 fully saturated rings. The van der Waals surface area contributed by atoms with Crippen LogP contribution < -0.4 is 10.6 Å². The van der Waals surface area contributed by atoms with E-state index in [4.69, 9.17) is 16.7 Å². The van der Waals surface area contributed by atoms with Crippen LogP contribution in [0, 0.1) is 11.6 Å². The Morgan fingerprint density at radius 2 is 1.67 bits per heavy atom. The topological polar surface area (TPSA) is 95.5 Å². The number of carbonyl (C=O) groups is 3. The van der Waals surface area contributed by atoms with Gasteiger partial charge < -0.3 is 15.7 Å². The predicted octanol–water partition coefficient (Wildman–Crippen LogP) is 5.45. The molecule has 0 saturated carbocycles. The standard InChI is InChI=1S/C26H25ClF2N2O4S/c1-26(2,14-18-8-11-22(27)36-18)31-25(35)21(10-12-23(32)33)30-24(34)16-5-3-15(4-6-16)17-7-9-19(28)20(29)13-17/h3-9,11,13,21H,10,12,14H2,1-2H3,(H,30,34)(H,31,35)(H,32,33)/t21-/m0/s1. The molecular formula is C26H25ClF2N2O4S. The molecule has 10 heteroatoms. The Morgan fingerprint density at radius 1 is 1.00 bits per heavy atom. The molecule has 190 valence electrons. The number of carboxylic acid groups (broad SMARTS) is 1. The van der Waals surface area contributed by atoms with E-state index in [1.54, 1.807) is 18.2 Å². The number of carboxylic acids is 1. The zero-order valence-corrected chi connectivity index (χ0v) is 21.2. The first-order valence-electron chi connectivity index (χ1n) is 11.1. The molecule has 1 heterocycles. The monoisotopic (exact) mass is 534 g/mol. The SMILES string of the molecule is CC(C)(Cc1ccc(Cl)s1)NC(=O)[C@H](CCC(=O)O)NC(=O)c1ccc(-c2ccc(F)c(F)c2)cc1. The van der Waals surface area contributed by atoms with Crippen molar-refractivity contribution >= 4 is 40.7 Å². The van der Waals surface area contributed by atoms with Crippen LogP contribution in [-0.4, -0.2) is 34.5 Å². The van der Waals surface area contributed by atoms with Crippen molar-refractivity contribution in [3.8, 4) is 11.1 Å². The number of thiophene rings is 1. The van der Waals surface area contributed by atoms with Gasteiger partial charge in [-0.2, -0.15) is 0 Å². The van der Waals surface area contributed by atoms with Gasteiger partial charge in [-0.1, -0.05) is 29.8 Å². The lowest BCUT2D eigenvalue weighted by Gasteiger charge is -2.29. The molecule has 3 aromatic rings. The van der Waals surface area contributed by atoms with Crippen LogP contribution in [0.3, 0.4) is 0 Å². The van der Waals surface area contributed by atoms with Crippen molar-refractivity contribution in [2.24, 2.45) is 0 Å². The van der Waals surface area contributed by atoms with Gasteiger partial charge in [0, 0.05) is 28.8 Å². The minimum Gasteiger partial charge on any atom is -0.481 e. The van der Waals surface area contributed by atoms with Gasteiger partial charge in [0.1, 0.15) is 6.04 Å². The minimum atomic E-state index is -1.09. The maximum atomic E-state index is 13.5. The fourth-order valence-electron chi connectivity index (χ4n) is 3.62. The number of nitrogens with one attached hydrogen (secondary N) is 2. The van der Waals surface area contributed by atoms with Gasteiger partial charge in [-0.3, -0.25) is 14.4 Å². The summed E-state index contributed by atoms with van der Waals surface area (Å²) < 4.78 is 27.4. The number of carbonyl (C=O) groups excluding carboxylic acids is 2. The fourth-order valence-corrected chi connectivity index (χ4v) is 4.93. The van der Waals surface area contributed by atoms with E-state index in [2.05, 4.69) is 10.6 Å². The highest BCUT2D eigenvalue weighted by Crippen LogP contribution is 2.25. The Morgan fingerprint density at radius 3 is 2.25 bits per heavy atom. The minimum absolute atomic E-state index is 0.0965. The summed E-state index contributed by atoms with van der Waals surface area (Å²) in [5.74, 6) is -4.10. The lowest BCUT2D eigenvalue weighted by atomic mass is 9.98. The van der Waals surface area contributed by atoms with Crippen LogP contribution in [0.1, 0.15) is 41.9 Å². The molecule has 0 unspecified atom stereocenters. The highest BCUT2D eigenvalue weighted by atomic mass is 35.5. The van der Waals surface area contributed by atoms with Crippen LogP contribution in [0.4, 0.5) is 8.78 Å². The summed E-state index contributed by atoms with van der Waals surface area (Å²) in [6.07, 6.45) is 0.0936. The molecule has 0 bridgehead atoms. The van der Waals surface area contributed by atoms with Crippen molar-refractivity contribution in [3.05, 3.63) is 81.0 Å². The average Bonchev–Trinajstić information content (AvgIpc) is 3.21. The van der Waals surface area contributed by atoms with Crippen molar-refractivity contribution < 1.29 is 28.3 Å². The average molecular weight is 535 g/mol. The van der Waals surface area contributed by atoms with E-state index < -0.39 is 41.0 Å². The summed E-state index contributed by atoms with van der Waals surface area (Å²) in [7, 11) is 0. The molecule has 2 aromatic carbocycles. The summed E-state index contributed by atoms with van der Waals surface area (Å²) in [6.45, 7) is 3.65. The molecule has 1 atom stereocenters. The van der Waals surface area contributed by atoms with Crippen LogP contribution >= 0.6 is 22.9 Å². The molecular weight excluding hydrogens is 510 g/mol. The quantitative estimate of drug-likeness (QED) is 0.322. The van der Waals surface area contributed by atoms with Gasteiger partial charge in [-0.15, -0.1) is 11.3 Å². The predicted molar refractivity (Wildman–Crippen MR) is 135 cm³/mol. The first-order chi connectivity index (χ1) is 16.9. The Bertz CT molecular complexity index is 1260. The number of halogens is 3. The van der Waals surface area contributed by atoms with E-state index in [0.29, 0.717) is 21.9 Å². The van der Waals surface area contributed by atoms with E-state index in [1.807, 2.05) is 19.9 Å². The first-order valence-corrected chi connectivity index (χ1v) is 12.3. The van der Waals surface area contributed by atoms with Crippen LogP contribution in [0.5, 0.6) is 0 Å². The molecule has 6 nitrogen and oxygen atoms in total. The van der Waals surface area contributed by atoms with Crippen LogP contribution in [0.2, 0.25) is 4.34 Å². The molecule has 1 aromatic heterocycles. The molecule has 0 aliphatic carbocycles. The third-order valence-electron chi connectivity index (χ3n) is 5.38. The number of benzene rings is 2. The van der Waals surface area contributed by atoms with Gasteiger partial charge in [-0.25, -0.2) is 8.78 Å². The van der Waals surface area contributed by atoms with Gasteiger partial charge in [0.2, 0.25) is 5.91 Å². The second-order valence-corrected chi connectivity index (χ2v) is 10.7. The van der Waals surface area contributed by atoms with E-state index in [-0.39, 0.29) is 18.4 Å². The van der Waals surface area contributed by atoms with Crippen molar-refractivity contribution in [1.82, 2.24) is 10.6 Å². The second kappa shape index (κ2) is 11.6. The maximum Gasteiger partial charge on any atom is 0.303 e. The Hall–Kier alpha value is -3.30. The van der Waals surface area contributed by atoms with Crippen LogP contribution in [-0.2, 0) is 16.0 Å². The normalized spacial score (nSPS) is 12.1. The maximum absolute atomic E-state index is 13.5. The molecule has 3 rings (SSSR count). The van der Waals surface area contributed by atoms with Crippen molar-refractivity contribution in [2.45, 2.75) is 44.7 Å². The van der Waals surface area contributed by atoms with Crippen molar-refractivity contribution in [3.63, 3.8) is 0 Å². The molecule has 36 heavy (non-hydrogen) atoms. The highest BCUT2D eigenvalue weighted by Gasteiger charge is 2.28. The Kier molecular flexibility index (Phi) is 8.81.